The van der Waals surface area contributed by atoms with Gasteiger partial charge in [-0.2, -0.15) is 0 Å². The molecule has 2 N–H and O–H groups in total. The second-order valence-corrected chi connectivity index (χ2v) is 7.13. The smallest absolute Gasteiger partial charge is 0.0597 e. The average Bonchev–Trinajstić information content (AvgIpc) is 2.59. The van der Waals surface area contributed by atoms with Gasteiger partial charge in [0.2, 0.25) is 0 Å². The molecule has 0 aromatic rings. The summed E-state index contributed by atoms with van der Waals surface area (Å²) in [4.78, 5) is 2.54. The summed E-state index contributed by atoms with van der Waals surface area (Å²) >= 11 is 0. The molecule has 1 aliphatic rings. The van der Waals surface area contributed by atoms with Gasteiger partial charge in [-0.15, -0.1) is 0 Å². The molecule has 0 bridgehead atoms. The van der Waals surface area contributed by atoms with E-state index in [1.54, 1.807) is 0 Å². The minimum atomic E-state index is 0.242. The third kappa shape index (κ3) is 6.24. The molecule has 1 aliphatic heterocycles. The van der Waals surface area contributed by atoms with Crippen LogP contribution in [-0.2, 0) is 0 Å². The van der Waals surface area contributed by atoms with Crippen LogP contribution in [0, 0.1) is 11.3 Å². The van der Waals surface area contributed by atoms with Gasteiger partial charge in [-0.3, -0.25) is 0 Å². The highest BCUT2D eigenvalue weighted by molar-refractivity contribution is 4.80. The first-order valence-corrected chi connectivity index (χ1v) is 8.04. The summed E-state index contributed by atoms with van der Waals surface area (Å²) in [5, 5.41) is 12.9. The number of aliphatic hydroxyl groups is 1. The highest BCUT2D eigenvalue weighted by Crippen LogP contribution is 2.34. The highest BCUT2D eigenvalue weighted by atomic mass is 16.3. The lowest BCUT2D eigenvalue weighted by Crippen LogP contribution is -2.44. The molecular formula is C16H34N2O. The first-order chi connectivity index (χ1) is 8.97. The number of hydrogen-bond donors (Lipinski definition) is 2. The van der Waals surface area contributed by atoms with Crippen molar-refractivity contribution in [2.45, 2.75) is 59.4 Å². The largest absolute Gasteiger partial charge is 0.395 e. The zero-order chi connectivity index (χ0) is 14.3. The topological polar surface area (TPSA) is 35.5 Å². The molecule has 1 heterocycles. The Morgan fingerprint density at radius 3 is 2.58 bits per heavy atom. The molecule has 0 amide bonds. The summed E-state index contributed by atoms with van der Waals surface area (Å²) in [5.74, 6) is 0.841. The van der Waals surface area contributed by atoms with E-state index in [0.29, 0.717) is 5.41 Å². The average molecular weight is 270 g/mol. The second kappa shape index (κ2) is 8.23. The minimum absolute atomic E-state index is 0.242. The van der Waals surface area contributed by atoms with Crippen LogP contribution in [0.5, 0.6) is 0 Å². The summed E-state index contributed by atoms with van der Waals surface area (Å²) in [6.07, 6.45) is 5.08. The van der Waals surface area contributed by atoms with Crippen molar-refractivity contribution < 1.29 is 5.11 Å². The van der Waals surface area contributed by atoms with Crippen molar-refractivity contribution in [2.24, 2.45) is 11.3 Å². The highest BCUT2D eigenvalue weighted by Gasteiger charge is 2.27. The summed E-state index contributed by atoms with van der Waals surface area (Å²) in [6, 6.07) is 0.242. The Bertz CT molecular complexity index is 237. The minimum Gasteiger partial charge on any atom is -0.395 e. The number of rotatable bonds is 6. The molecule has 1 fully saturated rings. The number of hydrogen-bond acceptors (Lipinski definition) is 3. The number of nitrogens with one attached hydrogen (secondary N) is 1. The maximum Gasteiger partial charge on any atom is 0.0597 e. The molecule has 0 radical (unpaired) electrons. The van der Waals surface area contributed by atoms with E-state index in [4.69, 9.17) is 0 Å². The Labute approximate surface area is 119 Å². The molecule has 19 heavy (non-hydrogen) atoms. The van der Waals surface area contributed by atoms with Crippen molar-refractivity contribution >= 4 is 0 Å². The van der Waals surface area contributed by atoms with E-state index >= 15 is 0 Å². The Morgan fingerprint density at radius 1 is 1.26 bits per heavy atom. The summed E-state index contributed by atoms with van der Waals surface area (Å²) in [7, 11) is 0. The summed E-state index contributed by atoms with van der Waals surface area (Å²) in [5.41, 5.74) is 0.437. The molecular weight excluding hydrogens is 236 g/mol. The van der Waals surface area contributed by atoms with Crippen molar-refractivity contribution in [1.29, 1.82) is 0 Å². The van der Waals surface area contributed by atoms with Crippen LogP contribution in [0.3, 0.4) is 0 Å². The van der Waals surface area contributed by atoms with E-state index in [9.17, 15) is 5.11 Å². The molecule has 0 aliphatic carbocycles. The molecule has 3 heteroatoms. The fraction of sp³-hybridized carbons (Fsp3) is 1.00. The van der Waals surface area contributed by atoms with E-state index < -0.39 is 0 Å². The van der Waals surface area contributed by atoms with E-state index in [1.807, 2.05) is 0 Å². The van der Waals surface area contributed by atoms with Crippen molar-refractivity contribution in [3.8, 4) is 0 Å². The first-order valence-electron chi connectivity index (χ1n) is 8.04. The molecule has 3 nitrogen and oxygen atoms in total. The molecule has 1 rings (SSSR count). The monoisotopic (exact) mass is 270 g/mol. The van der Waals surface area contributed by atoms with Gasteiger partial charge < -0.3 is 15.3 Å². The third-order valence-electron chi connectivity index (χ3n) is 4.43. The Morgan fingerprint density at radius 2 is 2.00 bits per heavy atom. The Kier molecular flexibility index (Phi) is 7.33. The lowest BCUT2D eigenvalue weighted by Gasteiger charge is -2.30. The van der Waals surface area contributed by atoms with Gasteiger partial charge in [0.1, 0.15) is 0 Å². The van der Waals surface area contributed by atoms with Gasteiger partial charge in [0.05, 0.1) is 6.61 Å². The van der Waals surface area contributed by atoms with Crippen LogP contribution < -0.4 is 5.32 Å². The van der Waals surface area contributed by atoms with Crippen LogP contribution in [0.25, 0.3) is 0 Å². The van der Waals surface area contributed by atoms with Gasteiger partial charge in [-0.25, -0.2) is 0 Å². The lowest BCUT2D eigenvalue weighted by molar-refractivity contribution is 0.175. The number of aliphatic hydroxyl groups excluding tert-OH is 1. The molecule has 2 unspecified atom stereocenters. The second-order valence-electron chi connectivity index (χ2n) is 7.13. The van der Waals surface area contributed by atoms with Crippen molar-refractivity contribution in [2.75, 3.05) is 32.8 Å². The van der Waals surface area contributed by atoms with Crippen LogP contribution in [0.15, 0.2) is 0 Å². The van der Waals surface area contributed by atoms with E-state index in [2.05, 4.69) is 37.9 Å². The van der Waals surface area contributed by atoms with Crippen LogP contribution >= 0.6 is 0 Å². The molecule has 0 spiro atoms. The van der Waals surface area contributed by atoms with Crippen molar-refractivity contribution in [1.82, 2.24) is 10.2 Å². The van der Waals surface area contributed by atoms with Gasteiger partial charge in [0.15, 0.2) is 0 Å². The van der Waals surface area contributed by atoms with Crippen LogP contribution in [0.4, 0.5) is 0 Å². The fourth-order valence-electron chi connectivity index (χ4n) is 3.05. The molecule has 1 saturated heterocycles. The van der Waals surface area contributed by atoms with E-state index in [-0.39, 0.29) is 12.6 Å². The van der Waals surface area contributed by atoms with Gasteiger partial charge in [0.25, 0.3) is 0 Å². The maximum atomic E-state index is 9.45. The maximum absolute atomic E-state index is 9.45. The zero-order valence-corrected chi connectivity index (χ0v) is 13.4. The van der Waals surface area contributed by atoms with Gasteiger partial charge in [-0.1, -0.05) is 27.7 Å². The molecule has 0 aromatic heterocycles. The molecule has 2 atom stereocenters. The molecule has 0 saturated carbocycles. The third-order valence-corrected chi connectivity index (χ3v) is 4.43. The normalized spacial score (nSPS) is 24.2. The van der Waals surface area contributed by atoms with Crippen LogP contribution in [-0.4, -0.2) is 48.8 Å². The van der Waals surface area contributed by atoms with E-state index in [0.717, 1.165) is 25.4 Å². The van der Waals surface area contributed by atoms with Crippen molar-refractivity contribution in [3.05, 3.63) is 0 Å². The van der Waals surface area contributed by atoms with Gasteiger partial charge in [0, 0.05) is 12.6 Å². The number of nitrogens with zero attached hydrogens (tertiary/aromatic N) is 1. The van der Waals surface area contributed by atoms with Crippen LogP contribution in [0.1, 0.15) is 53.4 Å². The predicted octanol–water partition coefficient (Wildman–Crippen LogP) is 2.50. The van der Waals surface area contributed by atoms with Crippen LogP contribution in [0.2, 0.25) is 0 Å². The van der Waals surface area contributed by atoms with E-state index in [1.165, 1.54) is 32.4 Å². The Hall–Kier alpha value is -0.120. The fourth-order valence-corrected chi connectivity index (χ4v) is 3.05. The SMILES string of the molecule is CCCNC(CO)CN1CCCC(C(C)(C)C)CC1. The summed E-state index contributed by atoms with van der Waals surface area (Å²) in [6.45, 7) is 13.9. The number of likely N-dealkylation sites (tertiary alicyclic amines) is 1. The zero-order valence-electron chi connectivity index (χ0n) is 13.4. The lowest BCUT2D eigenvalue weighted by atomic mass is 9.77. The van der Waals surface area contributed by atoms with Gasteiger partial charge >= 0.3 is 0 Å². The van der Waals surface area contributed by atoms with Gasteiger partial charge in [-0.05, 0) is 56.7 Å². The predicted molar refractivity (Wildman–Crippen MR) is 82.4 cm³/mol. The molecule has 114 valence electrons. The molecule has 0 aromatic carbocycles. The quantitative estimate of drug-likeness (QED) is 0.778. The summed E-state index contributed by atoms with van der Waals surface area (Å²) < 4.78 is 0. The van der Waals surface area contributed by atoms with Crippen molar-refractivity contribution in [3.63, 3.8) is 0 Å². The first kappa shape index (κ1) is 16.9. The Balaban J connectivity index is 2.39. The standard InChI is InChI=1S/C16H34N2O/c1-5-9-17-15(13-19)12-18-10-6-7-14(8-11-18)16(2,3)4/h14-15,17,19H,5-13H2,1-4H3.